The zero-order valence-corrected chi connectivity index (χ0v) is 16.5. The van der Waals surface area contributed by atoms with Crippen LogP contribution in [0.15, 0.2) is 18.3 Å². The van der Waals surface area contributed by atoms with Gasteiger partial charge in [-0.3, -0.25) is 0 Å². The number of aromatic nitrogens is 1. The molecule has 1 N–H and O–H groups in total. The van der Waals surface area contributed by atoms with Crippen molar-refractivity contribution in [3.8, 4) is 0 Å². The number of halogens is 1. The van der Waals surface area contributed by atoms with E-state index in [1.54, 1.807) is 0 Å². The summed E-state index contributed by atoms with van der Waals surface area (Å²) in [6.07, 6.45) is 1.85. The van der Waals surface area contributed by atoms with Gasteiger partial charge in [-0.15, -0.1) is 11.3 Å². The van der Waals surface area contributed by atoms with Crippen LogP contribution in [-0.2, 0) is 6.54 Å². The Labute approximate surface area is 149 Å². The van der Waals surface area contributed by atoms with Crippen LogP contribution in [0.25, 0.3) is 0 Å². The third-order valence-corrected chi connectivity index (χ3v) is 5.21. The van der Waals surface area contributed by atoms with Crippen molar-refractivity contribution in [2.45, 2.75) is 65.8 Å². The van der Waals surface area contributed by atoms with Gasteiger partial charge in [-0.1, -0.05) is 65.3 Å². The summed E-state index contributed by atoms with van der Waals surface area (Å²) in [6, 6.07) is 4.73. The van der Waals surface area contributed by atoms with E-state index in [2.05, 4.69) is 64.0 Å². The Morgan fingerprint density at radius 3 is 1.96 bits per heavy atom. The van der Waals surface area contributed by atoms with Crippen LogP contribution in [-0.4, -0.2) is 4.98 Å². The predicted molar refractivity (Wildman–Crippen MR) is 103 cm³/mol. The SMILES string of the molecule is CC(C)c1cc(C(C)C)c(NCc2cnc(Cl)s2)c(C(C)C)c1. The predicted octanol–water partition coefficient (Wildman–Crippen LogP) is 6.78. The molecule has 2 rings (SSSR count). The molecule has 126 valence electrons. The van der Waals surface area contributed by atoms with E-state index < -0.39 is 0 Å². The van der Waals surface area contributed by atoms with E-state index in [1.165, 1.54) is 33.7 Å². The molecule has 0 atom stereocenters. The van der Waals surface area contributed by atoms with Gasteiger partial charge in [0, 0.05) is 16.8 Å². The van der Waals surface area contributed by atoms with Gasteiger partial charge in [0.25, 0.3) is 0 Å². The molecule has 0 radical (unpaired) electrons. The molecule has 23 heavy (non-hydrogen) atoms. The quantitative estimate of drug-likeness (QED) is 0.621. The molecule has 0 saturated carbocycles. The van der Waals surface area contributed by atoms with E-state index in [0.717, 1.165) is 11.4 Å². The minimum atomic E-state index is 0.485. The lowest BCUT2D eigenvalue weighted by Gasteiger charge is -2.23. The lowest BCUT2D eigenvalue weighted by atomic mass is 9.87. The maximum Gasteiger partial charge on any atom is 0.183 e. The Kier molecular flexibility index (Phi) is 6.10. The zero-order valence-electron chi connectivity index (χ0n) is 14.9. The first-order valence-corrected chi connectivity index (χ1v) is 9.50. The van der Waals surface area contributed by atoms with Gasteiger partial charge in [-0.25, -0.2) is 4.98 Å². The maximum atomic E-state index is 5.94. The van der Waals surface area contributed by atoms with Crippen molar-refractivity contribution in [2.24, 2.45) is 0 Å². The molecule has 1 aromatic heterocycles. The van der Waals surface area contributed by atoms with Gasteiger partial charge in [-0.2, -0.15) is 0 Å². The topological polar surface area (TPSA) is 24.9 Å². The maximum absolute atomic E-state index is 5.94. The number of hydrogen-bond donors (Lipinski definition) is 1. The molecule has 0 aliphatic rings. The molecule has 1 aromatic carbocycles. The third-order valence-electron chi connectivity index (χ3n) is 4.10. The molecule has 0 unspecified atom stereocenters. The third kappa shape index (κ3) is 4.48. The molecule has 0 spiro atoms. The van der Waals surface area contributed by atoms with E-state index in [0.29, 0.717) is 22.2 Å². The molecule has 0 amide bonds. The summed E-state index contributed by atoms with van der Waals surface area (Å²) < 4.78 is 0.602. The Balaban J connectivity index is 2.41. The number of nitrogens with zero attached hydrogens (tertiary/aromatic N) is 1. The molecular formula is C19H27ClN2S. The number of benzene rings is 1. The fraction of sp³-hybridized carbons (Fsp3) is 0.526. The summed E-state index contributed by atoms with van der Waals surface area (Å²) in [5, 5.41) is 3.65. The highest BCUT2D eigenvalue weighted by molar-refractivity contribution is 7.15. The van der Waals surface area contributed by atoms with Gasteiger partial charge in [0.05, 0.1) is 6.54 Å². The monoisotopic (exact) mass is 350 g/mol. The molecule has 4 heteroatoms. The highest BCUT2D eigenvalue weighted by Gasteiger charge is 2.17. The first-order valence-electron chi connectivity index (χ1n) is 8.31. The fourth-order valence-corrected chi connectivity index (χ4v) is 3.62. The van der Waals surface area contributed by atoms with E-state index in [-0.39, 0.29) is 0 Å². The number of nitrogens with one attached hydrogen (secondary N) is 1. The summed E-state index contributed by atoms with van der Waals surface area (Å²) in [5.74, 6) is 1.51. The highest BCUT2D eigenvalue weighted by Crippen LogP contribution is 2.36. The van der Waals surface area contributed by atoms with Crippen LogP contribution < -0.4 is 5.32 Å². The number of hydrogen-bond acceptors (Lipinski definition) is 3. The number of anilines is 1. The largest absolute Gasteiger partial charge is 0.380 e. The average Bonchev–Trinajstić information content (AvgIpc) is 2.89. The van der Waals surface area contributed by atoms with Gasteiger partial charge >= 0.3 is 0 Å². The molecule has 1 heterocycles. The molecule has 0 bridgehead atoms. The highest BCUT2D eigenvalue weighted by atomic mass is 35.5. The second-order valence-corrected chi connectivity index (χ2v) is 8.67. The Morgan fingerprint density at radius 1 is 1.00 bits per heavy atom. The Hall–Kier alpha value is -1.06. The van der Waals surface area contributed by atoms with Crippen LogP contribution in [0.4, 0.5) is 5.69 Å². The van der Waals surface area contributed by atoms with Crippen molar-refractivity contribution in [3.05, 3.63) is 44.4 Å². The van der Waals surface area contributed by atoms with Crippen LogP contribution in [0.1, 0.15) is 80.9 Å². The van der Waals surface area contributed by atoms with Gasteiger partial charge < -0.3 is 5.32 Å². The van der Waals surface area contributed by atoms with Gasteiger partial charge in [0.1, 0.15) is 0 Å². The normalized spacial score (nSPS) is 11.7. The lowest BCUT2D eigenvalue weighted by molar-refractivity contribution is 0.804. The first kappa shape index (κ1) is 18.3. The smallest absolute Gasteiger partial charge is 0.183 e. The first-order chi connectivity index (χ1) is 10.8. The number of thiazole rings is 1. The molecule has 2 nitrogen and oxygen atoms in total. The van der Waals surface area contributed by atoms with Crippen molar-refractivity contribution in [1.29, 1.82) is 0 Å². The van der Waals surface area contributed by atoms with Crippen molar-refractivity contribution >= 4 is 28.6 Å². The molecule has 2 aromatic rings. The van der Waals surface area contributed by atoms with E-state index >= 15 is 0 Å². The zero-order chi connectivity index (χ0) is 17.1. The fourth-order valence-electron chi connectivity index (χ4n) is 2.70. The summed E-state index contributed by atoms with van der Waals surface area (Å²) in [6.45, 7) is 14.3. The number of rotatable bonds is 6. The second-order valence-electron chi connectivity index (χ2n) is 6.97. The van der Waals surface area contributed by atoms with Crippen molar-refractivity contribution in [2.75, 3.05) is 5.32 Å². The van der Waals surface area contributed by atoms with Crippen molar-refractivity contribution in [1.82, 2.24) is 4.98 Å². The Bertz CT molecular complexity index is 630. The molecule has 0 aliphatic carbocycles. The minimum absolute atomic E-state index is 0.485. The summed E-state index contributed by atoms with van der Waals surface area (Å²) >= 11 is 7.48. The van der Waals surface area contributed by atoms with Crippen molar-refractivity contribution < 1.29 is 0 Å². The van der Waals surface area contributed by atoms with E-state index in [9.17, 15) is 0 Å². The summed E-state index contributed by atoms with van der Waals surface area (Å²) in [7, 11) is 0. The van der Waals surface area contributed by atoms with Crippen molar-refractivity contribution in [3.63, 3.8) is 0 Å². The van der Waals surface area contributed by atoms with Crippen LogP contribution in [0.5, 0.6) is 0 Å². The Morgan fingerprint density at radius 2 is 1.57 bits per heavy atom. The van der Waals surface area contributed by atoms with Crippen LogP contribution in [0.2, 0.25) is 4.47 Å². The lowest BCUT2D eigenvalue weighted by Crippen LogP contribution is -2.09. The van der Waals surface area contributed by atoms with Crippen LogP contribution >= 0.6 is 22.9 Å². The van der Waals surface area contributed by atoms with Crippen LogP contribution in [0, 0.1) is 0 Å². The second kappa shape index (κ2) is 7.67. The van der Waals surface area contributed by atoms with E-state index in [4.69, 9.17) is 11.6 Å². The van der Waals surface area contributed by atoms with Gasteiger partial charge in [-0.05, 0) is 34.4 Å². The molecular weight excluding hydrogens is 324 g/mol. The molecule has 0 saturated heterocycles. The van der Waals surface area contributed by atoms with Gasteiger partial charge in [0.2, 0.25) is 0 Å². The van der Waals surface area contributed by atoms with Crippen LogP contribution in [0.3, 0.4) is 0 Å². The average molecular weight is 351 g/mol. The summed E-state index contributed by atoms with van der Waals surface area (Å²) in [4.78, 5) is 5.28. The summed E-state index contributed by atoms with van der Waals surface area (Å²) in [5.41, 5.74) is 5.50. The van der Waals surface area contributed by atoms with Gasteiger partial charge in [0.15, 0.2) is 4.47 Å². The molecule has 0 fully saturated rings. The standard InChI is InChI=1S/C19H27ClN2S/c1-11(2)14-7-16(12(3)4)18(17(8-14)13(5)6)21-9-15-10-22-19(20)23-15/h7-8,10-13,21H,9H2,1-6H3. The minimum Gasteiger partial charge on any atom is -0.380 e. The van der Waals surface area contributed by atoms with E-state index in [1.807, 2.05) is 6.20 Å². The molecule has 0 aliphatic heterocycles.